The molecule has 0 aliphatic heterocycles. The van der Waals surface area contributed by atoms with Crippen LogP contribution < -0.4 is 10.7 Å². The van der Waals surface area contributed by atoms with Crippen LogP contribution in [-0.2, 0) is 18.0 Å². The number of hydrogen-bond donors (Lipinski definition) is 2. The average molecular weight is 382 g/mol. The van der Waals surface area contributed by atoms with E-state index in [4.69, 9.17) is 0 Å². The molecule has 26 heavy (non-hydrogen) atoms. The van der Waals surface area contributed by atoms with Crippen LogP contribution in [0.25, 0.3) is 10.9 Å². The highest BCUT2D eigenvalue weighted by molar-refractivity contribution is 7.99. The number of benzene rings is 1. The van der Waals surface area contributed by atoms with Crippen molar-refractivity contribution in [3.8, 4) is 0 Å². The first-order valence-electron chi connectivity index (χ1n) is 7.39. The number of imidazole rings is 1. The molecule has 1 aromatic carbocycles. The largest absolute Gasteiger partial charge is 0.431 e. The lowest BCUT2D eigenvalue weighted by molar-refractivity contribution is -0.143. The molecule has 0 aliphatic carbocycles. The topological polar surface area (TPSA) is 79.8 Å². The van der Waals surface area contributed by atoms with Gasteiger partial charge >= 0.3 is 6.18 Å². The monoisotopic (exact) mass is 382 g/mol. The molecule has 0 aliphatic rings. The number of carbonyl (C=O) groups is 1. The van der Waals surface area contributed by atoms with E-state index in [0.29, 0.717) is 16.9 Å². The fourth-order valence-corrected chi connectivity index (χ4v) is 3.08. The third-order valence-electron chi connectivity index (χ3n) is 3.64. The van der Waals surface area contributed by atoms with Crippen molar-refractivity contribution in [1.82, 2.24) is 14.5 Å². The summed E-state index contributed by atoms with van der Waals surface area (Å²) < 4.78 is 40.1. The second-order valence-electron chi connectivity index (χ2n) is 5.41. The van der Waals surface area contributed by atoms with Crippen LogP contribution in [-0.4, -0.2) is 26.2 Å². The van der Waals surface area contributed by atoms with Gasteiger partial charge in [-0.2, -0.15) is 13.2 Å². The Bertz CT molecular complexity index is 1010. The number of amides is 1. The molecule has 0 atom stereocenters. The fourth-order valence-electron chi connectivity index (χ4n) is 2.46. The lowest BCUT2D eigenvalue weighted by atomic mass is 10.1. The van der Waals surface area contributed by atoms with Crippen molar-refractivity contribution in [3.05, 3.63) is 52.6 Å². The predicted molar refractivity (Wildman–Crippen MR) is 92.1 cm³/mol. The summed E-state index contributed by atoms with van der Waals surface area (Å²) in [7, 11) is 1.23. The van der Waals surface area contributed by atoms with Gasteiger partial charge in [0.15, 0.2) is 10.6 Å². The van der Waals surface area contributed by atoms with Gasteiger partial charge in [-0.05, 0) is 18.2 Å². The van der Waals surface area contributed by atoms with Gasteiger partial charge in [0.2, 0.25) is 5.91 Å². The molecule has 1 amide bonds. The molecular formula is C16H13F3N4O2S. The molecule has 136 valence electrons. The maximum atomic E-state index is 13.1. The molecule has 0 radical (unpaired) electrons. The van der Waals surface area contributed by atoms with Crippen molar-refractivity contribution in [2.75, 3.05) is 11.1 Å². The third kappa shape index (κ3) is 3.74. The summed E-state index contributed by atoms with van der Waals surface area (Å²) in [6, 6.07) is 4.79. The number of nitrogens with one attached hydrogen (secondary N) is 2. The molecule has 3 rings (SSSR count). The molecule has 0 saturated heterocycles. The third-order valence-corrected chi connectivity index (χ3v) is 4.54. The number of anilines is 1. The van der Waals surface area contributed by atoms with Gasteiger partial charge in [-0.15, -0.1) is 0 Å². The Morgan fingerprint density at radius 1 is 1.35 bits per heavy atom. The molecule has 3 aromatic rings. The normalized spacial score (nSPS) is 11.7. The van der Waals surface area contributed by atoms with E-state index in [9.17, 15) is 22.8 Å². The summed E-state index contributed by atoms with van der Waals surface area (Å²) in [4.78, 5) is 30.8. The summed E-state index contributed by atoms with van der Waals surface area (Å²) in [5, 5.41) is 3.32. The number of pyridine rings is 1. The van der Waals surface area contributed by atoms with Crippen LogP contribution >= 0.6 is 11.8 Å². The Morgan fingerprint density at radius 3 is 2.77 bits per heavy atom. The highest BCUT2D eigenvalue weighted by atomic mass is 32.2. The van der Waals surface area contributed by atoms with Crippen molar-refractivity contribution >= 4 is 34.3 Å². The quantitative estimate of drug-likeness (QED) is 0.680. The van der Waals surface area contributed by atoms with Crippen LogP contribution in [0.15, 0.2) is 46.6 Å². The number of carbonyl (C=O) groups excluding carboxylic acids is 1. The van der Waals surface area contributed by atoms with E-state index in [1.54, 1.807) is 12.4 Å². The van der Waals surface area contributed by atoms with Crippen LogP contribution in [0.4, 0.5) is 18.9 Å². The molecule has 0 saturated carbocycles. The number of aromatic amines is 1. The molecule has 0 fully saturated rings. The molecule has 0 unspecified atom stereocenters. The van der Waals surface area contributed by atoms with Crippen molar-refractivity contribution in [2.45, 2.75) is 11.3 Å². The van der Waals surface area contributed by atoms with E-state index < -0.39 is 17.3 Å². The molecule has 2 heterocycles. The number of rotatable bonds is 4. The molecule has 2 aromatic heterocycles. The van der Waals surface area contributed by atoms with Gasteiger partial charge in [0, 0.05) is 36.6 Å². The summed E-state index contributed by atoms with van der Waals surface area (Å²) in [5.74, 6) is -0.268. The SMILES string of the molecule is Cn1c(C(F)(F)F)cc(=O)c2ccc(NC(=O)CSc3ncc[nH]3)cc21. The van der Waals surface area contributed by atoms with Crippen LogP contribution in [0.1, 0.15) is 5.69 Å². The summed E-state index contributed by atoms with van der Waals surface area (Å²) in [5.41, 5.74) is -1.39. The van der Waals surface area contributed by atoms with Crippen molar-refractivity contribution in [3.63, 3.8) is 0 Å². The first-order chi connectivity index (χ1) is 12.3. The number of H-pyrrole nitrogens is 1. The van der Waals surface area contributed by atoms with E-state index in [1.165, 1.54) is 37.0 Å². The summed E-state index contributed by atoms with van der Waals surface area (Å²) in [6.45, 7) is 0. The Labute approximate surface area is 149 Å². The Hall–Kier alpha value is -2.75. The second-order valence-corrected chi connectivity index (χ2v) is 6.38. The number of halogens is 3. The van der Waals surface area contributed by atoms with E-state index in [-0.39, 0.29) is 22.6 Å². The summed E-state index contributed by atoms with van der Waals surface area (Å²) >= 11 is 1.19. The maximum absolute atomic E-state index is 13.1. The number of nitrogens with zero attached hydrogens (tertiary/aromatic N) is 2. The van der Waals surface area contributed by atoms with Crippen LogP contribution in [0, 0.1) is 0 Å². The van der Waals surface area contributed by atoms with E-state index >= 15 is 0 Å². The van der Waals surface area contributed by atoms with Gasteiger partial charge in [-0.25, -0.2) is 4.98 Å². The Morgan fingerprint density at radius 2 is 2.12 bits per heavy atom. The number of thioether (sulfide) groups is 1. The zero-order valence-electron chi connectivity index (χ0n) is 13.4. The van der Waals surface area contributed by atoms with Crippen LogP contribution in [0.3, 0.4) is 0 Å². The molecule has 0 bridgehead atoms. The lowest BCUT2D eigenvalue weighted by Crippen LogP contribution is -2.20. The van der Waals surface area contributed by atoms with E-state index in [0.717, 1.165) is 4.57 Å². The highest BCUT2D eigenvalue weighted by Gasteiger charge is 2.34. The molecule has 0 spiro atoms. The minimum atomic E-state index is -4.65. The number of alkyl halides is 3. The van der Waals surface area contributed by atoms with Crippen molar-refractivity contribution < 1.29 is 18.0 Å². The molecule has 2 N–H and O–H groups in total. The Kier molecular flexibility index (Phi) is 4.77. The number of aromatic nitrogens is 3. The predicted octanol–water partition coefficient (Wildman–Crippen LogP) is 3.01. The van der Waals surface area contributed by atoms with Gasteiger partial charge in [-0.1, -0.05) is 11.8 Å². The number of fused-ring (bicyclic) bond motifs is 1. The molecule has 10 heteroatoms. The van der Waals surface area contributed by atoms with Gasteiger partial charge in [0.05, 0.1) is 11.3 Å². The van der Waals surface area contributed by atoms with E-state index in [1.807, 2.05) is 0 Å². The van der Waals surface area contributed by atoms with Crippen LogP contribution in [0.2, 0.25) is 0 Å². The molecule has 6 nitrogen and oxygen atoms in total. The highest BCUT2D eigenvalue weighted by Crippen LogP contribution is 2.30. The Balaban J connectivity index is 1.87. The number of hydrogen-bond acceptors (Lipinski definition) is 4. The zero-order chi connectivity index (χ0) is 18.9. The van der Waals surface area contributed by atoms with Crippen molar-refractivity contribution in [2.24, 2.45) is 7.05 Å². The number of aryl methyl sites for hydroxylation is 1. The maximum Gasteiger partial charge on any atom is 0.431 e. The van der Waals surface area contributed by atoms with Crippen molar-refractivity contribution in [1.29, 1.82) is 0 Å². The van der Waals surface area contributed by atoms with Gasteiger partial charge in [0.25, 0.3) is 0 Å². The van der Waals surface area contributed by atoms with Gasteiger partial charge in [0.1, 0.15) is 5.69 Å². The molecular weight excluding hydrogens is 369 g/mol. The second kappa shape index (κ2) is 6.87. The van der Waals surface area contributed by atoms with Gasteiger partial charge < -0.3 is 14.9 Å². The fraction of sp³-hybridized carbons (Fsp3) is 0.188. The first kappa shape index (κ1) is 18.1. The summed E-state index contributed by atoms with van der Waals surface area (Å²) in [6.07, 6.45) is -1.47. The lowest BCUT2D eigenvalue weighted by Gasteiger charge is -2.15. The standard InChI is InChI=1S/C16H13F3N4O2S/c1-23-11-6-9(22-14(25)8-26-15-20-4-5-21-15)2-3-10(11)12(24)7-13(23)16(17,18)19/h2-7H,8H2,1H3,(H,20,21)(H,22,25). The van der Waals surface area contributed by atoms with Gasteiger partial charge in [-0.3, -0.25) is 9.59 Å². The van der Waals surface area contributed by atoms with E-state index in [2.05, 4.69) is 15.3 Å². The smallest absolute Gasteiger partial charge is 0.340 e. The average Bonchev–Trinajstić information content (AvgIpc) is 3.09. The first-order valence-corrected chi connectivity index (χ1v) is 8.37. The zero-order valence-corrected chi connectivity index (χ0v) is 14.2. The minimum absolute atomic E-state index is 0.0765. The minimum Gasteiger partial charge on any atom is -0.340 e. The van der Waals surface area contributed by atoms with Crippen LogP contribution in [0.5, 0.6) is 0 Å².